The van der Waals surface area contributed by atoms with Crippen LogP contribution in [-0.4, -0.2) is 10.3 Å². The standard InChI is InChI=1S/C9H9BrClNO2/c10-5-1-2-7-3-4-8(11)6-9(7)12(13)14/h3-4,6H,1-2,5H2. The highest BCUT2D eigenvalue weighted by Crippen LogP contribution is 2.24. The Bertz CT molecular complexity index is 344. The second kappa shape index (κ2) is 5.32. The Kier molecular flexibility index (Phi) is 4.35. The minimum atomic E-state index is -0.393. The fourth-order valence-electron chi connectivity index (χ4n) is 1.18. The summed E-state index contributed by atoms with van der Waals surface area (Å²) in [6.07, 6.45) is 1.57. The Labute approximate surface area is 95.4 Å². The highest BCUT2D eigenvalue weighted by molar-refractivity contribution is 9.09. The van der Waals surface area contributed by atoms with Gasteiger partial charge in [-0.15, -0.1) is 0 Å². The first kappa shape index (κ1) is 11.5. The first-order valence-electron chi connectivity index (χ1n) is 4.14. The summed E-state index contributed by atoms with van der Waals surface area (Å²) in [5.74, 6) is 0. The summed E-state index contributed by atoms with van der Waals surface area (Å²) in [4.78, 5) is 10.3. The van der Waals surface area contributed by atoms with Gasteiger partial charge < -0.3 is 0 Å². The van der Waals surface area contributed by atoms with E-state index in [1.165, 1.54) is 6.07 Å². The molecule has 5 heteroatoms. The van der Waals surface area contributed by atoms with Crippen LogP contribution in [0.3, 0.4) is 0 Å². The molecule has 0 saturated carbocycles. The Balaban J connectivity index is 2.96. The number of nitro benzene ring substituents is 1. The number of nitrogens with zero attached hydrogens (tertiary/aromatic N) is 1. The van der Waals surface area contributed by atoms with Crippen LogP contribution in [0, 0.1) is 10.1 Å². The lowest BCUT2D eigenvalue weighted by Crippen LogP contribution is -1.95. The van der Waals surface area contributed by atoms with E-state index in [2.05, 4.69) is 15.9 Å². The second-order valence-electron chi connectivity index (χ2n) is 2.82. The molecular weight excluding hydrogens is 269 g/mol. The van der Waals surface area contributed by atoms with Crippen LogP contribution in [0.2, 0.25) is 5.02 Å². The lowest BCUT2D eigenvalue weighted by Gasteiger charge is -2.01. The molecule has 0 bridgehead atoms. The SMILES string of the molecule is O=[N+]([O-])c1cc(Cl)ccc1CCCBr. The van der Waals surface area contributed by atoms with Gasteiger partial charge in [0.2, 0.25) is 0 Å². The summed E-state index contributed by atoms with van der Waals surface area (Å²) in [6.45, 7) is 0. The molecule has 1 rings (SSSR count). The van der Waals surface area contributed by atoms with Crippen molar-refractivity contribution in [3.8, 4) is 0 Å². The van der Waals surface area contributed by atoms with E-state index in [1.54, 1.807) is 12.1 Å². The van der Waals surface area contributed by atoms with Crippen LogP contribution < -0.4 is 0 Å². The third-order valence-electron chi connectivity index (χ3n) is 1.82. The van der Waals surface area contributed by atoms with E-state index in [0.717, 1.165) is 17.3 Å². The molecule has 0 amide bonds. The smallest absolute Gasteiger partial charge is 0.258 e. The summed E-state index contributed by atoms with van der Waals surface area (Å²) >= 11 is 8.97. The van der Waals surface area contributed by atoms with E-state index in [9.17, 15) is 10.1 Å². The number of hydrogen-bond donors (Lipinski definition) is 0. The molecule has 0 spiro atoms. The van der Waals surface area contributed by atoms with Crippen molar-refractivity contribution in [3.05, 3.63) is 38.9 Å². The molecule has 0 aliphatic carbocycles. The molecule has 14 heavy (non-hydrogen) atoms. The van der Waals surface area contributed by atoms with Gasteiger partial charge in [-0.1, -0.05) is 33.6 Å². The average molecular weight is 279 g/mol. The molecule has 0 radical (unpaired) electrons. The van der Waals surface area contributed by atoms with E-state index in [1.807, 2.05) is 0 Å². The number of nitro groups is 1. The van der Waals surface area contributed by atoms with Crippen LogP contribution in [0.15, 0.2) is 18.2 Å². The van der Waals surface area contributed by atoms with Gasteiger partial charge in [0.1, 0.15) is 0 Å². The summed E-state index contributed by atoms with van der Waals surface area (Å²) < 4.78 is 0. The molecule has 3 nitrogen and oxygen atoms in total. The van der Waals surface area contributed by atoms with Gasteiger partial charge in [0.15, 0.2) is 0 Å². The third kappa shape index (κ3) is 2.96. The summed E-state index contributed by atoms with van der Waals surface area (Å²) in [5.41, 5.74) is 0.845. The van der Waals surface area contributed by atoms with Crippen molar-refractivity contribution in [2.75, 3.05) is 5.33 Å². The molecule has 0 heterocycles. The maximum atomic E-state index is 10.7. The van der Waals surface area contributed by atoms with Crippen LogP contribution in [0.5, 0.6) is 0 Å². The zero-order chi connectivity index (χ0) is 10.6. The Hall–Kier alpha value is -0.610. The molecule has 0 saturated heterocycles. The normalized spacial score (nSPS) is 10.1. The van der Waals surface area contributed by atoms with Crippen LogP contribution in [0.4, 0.5) is 5.69 Å². The van der Waals surface area contributed by atoms with Crippen LogP contribution >= 0.6 is 27.5 Å². The maximum absolute atomic E-state index is 10.7. The fourth-order valence-corrected chi connectivity index (χ4v) is 1.62. The highest BCUT2D eigenvalue weighted by atomic mass is 79.9. The number of hydrogen-bond acceptors (Lipinski definition) is 2. The van der Waals surface area contributed by atoms with Crippen molar-refractivity contribution in [1.82, 2.24) is 0 Å². The summed E-state index contributed by atoms with van der Waals surface area (Å²) in [7, 11) is 0. The predicted molar refractivity (Wildman–Crippen MR) is 60.2 cm³/mol. The predicted octanol–water partition coefficient (Wildman–Crippen LogP) is 3.58. The van der Waals surface area contributed by atoms with Crippen LogP contribution in [0.1, 0.15) is 12.0 Å². The Morgan fingerprint density at radius 3 is 2.79 bits per heavy atom. The Morgan fingerprint density at radius 2 is 2.21 bits per heavy atom. The molecule has 0 aromatic heterocycles. The van der Waals surface area contributed by atoms with Crippen LogP contribution in [-0.2, 0) is 6.42 Å². The molecule has 0 unspecified atom stereocenters. The number of alkyl halides is 1. The average Bonchev–Trinajstić information content (AvgIpc) is 2.15. The van der Waals surface area contributed by atoms with Gasteiger partial charge in [-0.05, 0) is 18.9 Å². The number of benzene rings is 1. The summed E-state index contributed by atoms with van der Waals surface area (Å²) in [5, 5.41) is 11.9. The van der Waals surface area contributed by atoms with Crippen molar-refractivity contribution >= 4 is 33.2 Å². The van der Waals surface area contributed by atoms with Gasteiger partial charge in [0, 0.05) is 22.0 Å². The monoisotopic (exact) mass is 277 g/mol. The molecule has 0 N–H and O–H groups in total. The van der Waals surface area contributed by atoms with Gasteiger partial charge >= 0.3 is 0 Å². The van der Waals surface area contributed by atoms with Crippen molar-refractivity contribution < 1.29 is 4.92 Å². The van der Waals surface area contributed by atoms with Crippen molar-refractivity contribution in [2.45, 2.75) is 12.8 Å². The van der Waals surface area contributed by atoms with Gasteiger partial charge in [-0.25, -0.2) is 0 Å². The van der Waals surface area contributed by atoms with Gasteiger partial charge in [-0.2, -0.15) is 0 Å². The molecule has 0 aliphatic rings. The number of aryl methyl sites for hydroxylation is 1. The first-order chi connectivity index (χ1) is 6.65. The summed E-state index contributed by atoms with van der Waals surface area (Å²) in [6, 6.07) is 4.78. The van der Waals surface area contributed by atoms with Crippen molar-refractivity contribution in [3.63, 3.8) is 0 Å². The number of rotatable bonds is 4. The van der Waals surface area contributed by atoms with E-state index in [-0.39, 0.29) is 5.69 Å². The molecule has 0 atom stereocenters. The molecule has 0 fully saturated rings. The first-order valence-corrected chi connectivity index (χ1v) is 5.64. The van der Waals surface area contributed by atoms with Crippen molar-refractivity contribution in [2.24, 2.45) is 0 Å². The molecule has 1 aromatic carbocycles. The Morgan fingerprint density at radius 1 is 1.50 bits per heavy atom. The third-order valence-corrected chi connectivity index (χ3v) is 2.62. The fraction of sp³-hybridized carbons (Fsp3) is 0.333. The zero-order valence-corrected chi connectivity index (χ0v) is 9.71. The van der Waals surface area contributed by atoms with E-state index >= 15 is 0 Å². The quantitative estimate of drug-likeness (QED) is 0.480. The minimum absolute atomic E-state index is 0.110. The number of halogens is 2. The van der Waals surface area contributed by atoms with E-state index in [4.69, 9.17) is 11.6 Å². The van der Waals surface area contributed by atoms with Gasteiger partial charge in [-0.3, -0.25) is 10.1 Å². The highest BCUT2D eigenvalue weighted by Gasteiger charge is 2.13. The van der Waals surface area contributed by atoms with Crippen molar-refractivity contribution in [1.29, 1.82) is 0 Å². The largest absolute Gasteiger partial charge is 0.274 e. The molecule has 76 valence electrons. The molecule has 1 aromatic rings. The van der Waals surface area contributed by atoms with Gasteiger partial charge in [0.05, 0.1) is 4.92 Å². The topological polar surface area (TPSA) is 43.1 Å². The molecular formula is C9H9BrClNO2. The lowest BCUT2D eigenvalue weighted by atomic mass is 10.1. The maximum Gasteiger partial charge on any atom is 0.274 e. The second-order valence-corrected chi connectivity index (χ2v) is 4.05. The van der Waals surface area contributed by atoms with E-state index < -0.39 is 4.92 Å². The van der Waals surface area contributed by atoms with E-state index in [0.29, 0.717) is 11.4 Å². The minimum Gasteiger partial charge on any atom is -0.258 e. The van der Waals surface area contributed by atoms with Gasteiger partial charge in [0.25, 0.3) is 5.69 Å². The lowest BCUT2D eigenvalue weighted by molar-refractivity contribution is -0.385. The van der Waals surface area contributed by atoms with Crippen LogP contribution in [0.25, 0.3) is 0 Å². The zero-order valence-electron chi connectivity index (χ0n) is 7.37. The molecule has 0 aliphatic heterocycles.